The molecule has 1 aliphatic heterocycles. The average molecular weight is 256 g/mol. The minimum absolute atomic E-state index is 0.376. The summed E-state index contributed by atoms with van der Waals surface area (Å²) in [6, 6.07) is 0.0740. The van der Waals surface area contributed by atoms with Gasteiger partial charge >= 0.3 is 5.97 Å². The van der Waals surface area contributed by atoms with Gasteiger partial charge in [0.15, 0.2) is 0 Å². The summed E-state index contributed by atoms with van der Waals surface area (Å²) in [5.41, 5.74) is 0. The van der Waals surface area contributed by atoms with Crippen molar-refractivity contribution < 1.29 is 14.6 Å². The molecule has 2 fully saturated rings. The van der Waals surface area contributed by atoms with Crippen molar-refractivity contribution in [3.8, 4) is 0 Å². The molecule has 1 heterocycles. The van der Waals surface area contributed by atoms with E-state index in [0.29, 0.717) is 18.4 Å². The van der Waals surface area contributed by atoms with Crippen LogP contribution in [0.4, 0.5) is 0 Å². The van der Waals surface area contributed by atoms with Crippen molar-refractivity contribution in [1.29, 1.82) is 0 Å². The van der Waals surface area contributed by atoms with Crippen LogP contribution in [0.5, 0.6) is 0 Å². The number of nitrogens with zero attached hydrogens (tertiary/aromatic N) is 1. The van der Waals surface area contributed by atoms with E-state index in [1.54, 1.807) is 7.11 Å². The van der Waals surface area contributed by atoms with E-state index in [9.17, 15) is 4.79 Å². The molecular formula is C13H24N2O3. The highest BCUT2D eigenvalue weighted by atomic mass is 16.5. The summed E-state index contributed by atoms with van der Waals surface area (Å²) in [5, 5.41) is 12.4. The van der Waals surface area contributed by atoms with Gasteiger partial charge in [0.25, 0.3) is 0 Å². The van der Waals surface area contributed by atoms with Crippen molar-refractivity contribution in [3.63, 3.8) is 0 Å². The maximum absolute atomic E-state index is 11.1. The number of likely N-dealkylation sites (tertiary alicyclic amines) is 1. The highest BCUT2D eigenvalue weighted by Gasteiger charge is 2.29. The third kappa shape index (κ3) is 4.23. The maximum atomic E-state index is 11.1. The number of carboxylic acid groups (broad SMARTS) is 1. The predicted molar refractivity (Wildman–Crippen MR) is 68.6 cm³/mol. The highest BCUT2D eigenvalue weighted by Crippen LogP contribution is 2.21. The Morgan fingerprint density at radius 3 is 2.89 bits per heavy atom. The van der Waals surface area contributed by atoms with Gasteiger partial charge in [-0.05, 0) is 38.1 Å². The van der Waals surface area contributed by atoms with Gasteiger partial charge in [-0.2, -0.15) is 0 Å². The van der Waals surface area contributed by atoms with E-state index in [0.717, 1.165) is 39.1 Å². The summed E-state index contributed by atoms with van der Waals surface area (Å²) in [6.45, 7) is 3.81. The fourth-order valence-corrected chi connectivity index (χ4v) is 2.61. The first-order chi connectivity index (χ1) is 8.69. The summed E-state index contributed by atoms with van der Waals surface area (Å²) in [6.07, 6.45) is 4.12. The fourth-order valence-electron chi connectivity index (χ4n) is 2.61. The number of hydrogen-bond acceptors (Lipinski definition) is 4. The highest BCUT2D eigenvalue weighted by molar-refractivity contribution is 5.73. The Balaban J connectivity index is 1.67. The molecule has 18 heavy (non-hydrogen) atoms. The molecule has 2 atom stereocenters. The first-order valence-corrected chi connectivity index (χ1v) is 6.89. The van der Waals surface area contributed by atoms with E-state index >= 15 is 0 Å². The van der Waals surface area contributed by atoms with Crippen molar-refractivity contribution in [1.82, 2.24) is 10.2 Å². The minimum Gasteiger partial charge on any atom is -0.480 e. The maximum Gasteiger partial charge on any atom is 0.320 e. The Morgan fingerprint density at radius 1 is 1.50 bits per heavy atom. The van der Waals surface area contributed by atoms with Gasteiger partial charge in [0, 0.05) is 26.2 Å². The van der Waals surface area contributed by atoms with Crippen molar-refractivity contribution in [2.45, 2.75) is 37.8 Å². The monoisotopic (exact) mass is 256 g/mol. The number of rotatable bonds is 8. The Morgan fingerprint density at radius 2 is 2.28 bits per heavy atom. The first-order valence-electron chi connectivity index (χ1n) is 6.89. The van der Waals surface area contributed by atoms with Crippen LogP contribution in [0.2, 0.25) is 0 Å². The average Bonchev–Trinajstić information content (AvgIpc) is 3.04. The smallest absolute Gasteiger partial charge is 0.320 e. The molecule has 104 valence electrons. The molecule has 1 saturated carbocycles. The summed E-state index contributed by atoms with van der Waals surface area (Å²) < 4.78 is 5.17. The van der Waals surface area contributed by atoms with Gasteiger partial charge in [-0.15, -0.1) is 0 Å². The largest absolute Gasteiger partial charge is 0.480 e. The number of methoxy groups -OCH3 is 1. The van der Waals surface area contributed by atoms with Crippen molar-refractivity contribution in [2.24, 2.45) is 5.92 Å². The molecule has 0 aromatic rings. The van der Waals surface area contributed by atoms with Crippen LogP contribution in [0.25, 0.3) is 0 Å². The van der Waals surface area contributed by atoms with Gasteiger partial charge < -0.3 is 20.1 Å². The van der Waals surface area contributed by atoms with Gasteiger partial charge in [-0.3, -0.25) is 4.79 Å². The molecule has 2 N–H and O–H groups in total. The second-order valence-electron chi connectivity index (χ2n) is 5.53. The summed E-state index contributed by atoms with van der Waals surface area (Å²) in [4.78, 5) is 13.5. The zero-order valence-electron chi connectivity index (χ0n) is 11.1. The van der Waals surface area contributed by atoms with Crippen LogP contribution in [0, 0.1) is 5.92 Å². The van der Waals surface area contributed by atoms with Gasteiger partial charge in [0.2, 0.25) is 0 Å². The molecule has 2 rings (SSSR count). The van der Waals surface area contributed by atoms with Crippen LogP contribution in [0.1, 0.15) is 25.7 Å². The van der Waals surface area contributed by atoms with Gasteiger partial charge in [0.1, 0.15) is 6.04 Å². The summed E-state index contributed by atoms with van der Waals surface area (Å²) in [7, 11) is 1.74. The van der Waals surface area contributed by atoms with Crippen LogP contribution < -0.4 is 5.32 Å². The zero-order chi connectivity index (χ0) is 13.0. The fraction of sp³-hybridized carbons (Fsp3) is 0.923. The third-order valence-corrected chi connectivity index (χ3v) is 3.82. The van der Waals surface area contributed by atoms with Crippen LogP contribution >= 0.6 is 0 Å². The van der Waals surface area contributed by atoms with E-state index < -0.39 is 5.97 Å². The molecular weight excluding hydrogens is 232 g/mol. The van der Waals surface area contributed by atoms with Crippen molar-refractivity contribution >= 4 is 5.97 Å². The van der Waals surface area contributed by atoms with E-state index in [1.165, 1.54) is 6.42 Å². The lowest BCUT2D eigenvalue weighted by molar-refractivity contribution is -0.139. The lowest BCUT2D eigenvalue weighted by Gasteiger charge is -2.19. The number of carbonyl (C=O) groups is 1. The molecule has 2 unspecified atom stereocenters. The normalized spacial score (nSPS) is 26.4. The number of ether oxygens (including phenoxy) is 1. The molecule has 1 aliphatic carbocycles. The van der Waals surface area contributed by atoms with Crippen LogP contribution in [-0.2, 0) is 9.53 Å². The number of aliphatic carboxylic acids is 1. The molecule has 5 heteroatoms. The molecule has 0 spiro atoms. The Kier molecular flexibility index (Phi) is 4.97. The van der Waals surface area contributed by atoms with E-state index in [-0.39, 0.29) is 6.04 Å². The van der Waals surface area contributed by atoms with Gasteiger partial charge in [0.05, 0.1) is 6.61 Å². The van der Waals surface area contributed by atoms with Crippen molar-refractivity contribution in [3.05, 3.63) is 0 Å². The Bertz CT molecular complexity index is 281. The van der Waals surface area contributed by atoms with E-state index in [1.807, 2.05) is 0 Å². The standard InChI is InChI=1S/C13H24N2O3/c1-18-9-10-4-6-15(8-10)7-5-12(13(16)17)14-11-2-3-11/h10-12,14H,2-9H2,1H3,(H,16,17). The van der Waals surface area contributed by atoms with E-state index in [2.05, 4.69) is 10.2 Å². The predicted octanol–water partition coefficient (Wildman–Crippen LogP) is 0.550. The zero-order valence-corrected chi connectivity index (χ0v) is 11.1. The molecule has 0 amide bonds. The molecule has 0 radical (unpaired) electrons. The van der Waals surface area contributed by atoms with Gasteiger partial charge in [-0.1, -0.05) is 0 Å². The lowest BCUT2D eigenvalue weighted by Crippen LogP contribution is -2.40. The molecule has 0 aromatic carbocycles. The van der Waals surface area contributed by atoms with Crippen LogP contribution in [-0.4, -0.2) is 61.4 Å². The SMILES string of the molecule is COCC1CCN(CCC(NC2CC2)C(=O)O)C1. The minimum atomic E-state index is -0.713. The van der Waals surface area contributed by atoms with E-state index in [4.69, 9.17) is 9.84 Å². The molecule has 2 aliphatic rings. The van der Waals surface area contributed by atoms with Gasteiger partial charge in [-0.25, -0.2) is 0 Å². The number of carboxylic acids is 1. The topological polar surface area (TPSA) is 61.8 Å². The molecule has 0 bridgehead atoms. The lowest BCUT2D eigenvalue weighted by atomic mass is 10.1. The first kappa shape index (κ1) is 13.8. The summed E-state index contributed by atoms with van der Waals surface area (Å²) in [5.74, 6) is -0.0933. The Labute approximate surface area is 108 Å². The number of nitrogens with one attached hydrogen (secondary N) is 1. The molecule has 0 aromatic heterocycles. The molecule has 5 nitrogen and oxygen atoms in total. The summed E-state index contributed by atoms with van der Waals surface area (Å²) >= 11 is 0. The van der Waals surface area contributed by atoms with Crippen LogP contribution in [0.15, 0.2) is 0 Å². The third-order valence-electron chi connectivity index (χ3n) is 3.82. The quantitative estimate of drug-likeness (QED) is 0.664. The van der Waals surface area contributed by atoms with Crippen molar-refractivity contribution in [2.75, 3.05) is 33.4 Å². The number of hydrogen-bond donors (Lipinski definition) is 2. The second kappa shape index (κ2) is 6.50. The molecule has 1 saturated heterocycles. The second-order valence-corrected chi connectivity index (χ2v) is 5.53. The Hall–Kier alpha value is -0.650. The van der Waals surface area contributed by atoms with Crippen LogP contribution in [0.3, 0.4) is 0 Å².